The minimum Gasteiger partial charge on any atom is -0.460 e. The lowest BCUT2D eigenvalue weighted by Crippen LogP contribution is -1.90. The van der Waals surface area contributed by atoms with E-state index in [1.54, 1.807) is 6.26 Å². The average molecular weight is 461 g/mol. The Morgan fingerprint density at radius 3 is 1.72 bits per heavy atom. The van der Waals surface area contributed by atoms with Gasteiger partial charge in [0.05, 0.1) is 6.26 Å². The average Bonchev–Trinajstić information content (AvgIpc) is 3.56. The first-order chi connectivity index (χ1) is 17.9. The van der Waals surface area contributed by atoms with Crippen molar-refractivity contribution in [2.75, 3.05) is 0 Å². The molecule has 6 aromatic carbocycles. The predicted molar refractivity (Wildman–Crippen MR) is 149 cm³/mol. The SMILES string of the molecule is c1ccc(-c2c3ccccc3c(-c3ccc4c(c3)oc3c4ccc4ccoc43)c3ccccc23)cc1. The van der Waals surface area contributed by atoms with Gasteiger partial charge in [0.15, 0.2) is 11.2 Å². The zero-order valence-corrected chi connectivity index (χ0v) is 19.4. The standard InChI is InChI=1S/C34H20O2/c1-2-8-21(9-3-1)31-25-10-4-6-12-27(25)32(28-13-7-5-11-26(28)31)23-15-16-24-29-17-14-22-18-19-35-33(22)34(29)36-30(24)20-23/h1-20H. The molecule has 0 saturated heterocycles. The lowest BCUT2D eigenvalue weighted by molar-refractivity contribution is 0.600. The molecule has 168 valence electrons. The van der Waals surface area contributed by atoms with Crippen molar-refractivity contribution in [1.29, 1.82) is 0 Å². The summed E-state index contributed by atoms with van der Waals surface area (Å²) >= 11 is 0. The van der Waals surface area contributed by atoms with Crippen molar-refractivity contribution in [3.63, 3.8) is 0 Å². The Morgan fingerprint density at radius 1 is 0.417 bits per heavy atom. The maximum atomic E-state index is 6.41. The van der Waals surface area contributed by atoms with Crippen LogP contribution in [0.3, 0.4) is 0 Å². The van der Waals surface area contributed by atoms with Gasteiger partial charge in [0, 0.05) is 16.2 Å². The molecular formula is C34H20O2. The number of hydrogen-bond donors (Lipinski definition) is 0. The summed E-state index contributed by atoms with van der Waals surface area (Å²) in [5.74, 6) is 0. The van der Waals surface area contributed by atoms with Crippen molar-refractivity contribution in [3.05, 3.63) is 122 Å². The highest BCUT2D eigenvalue weighted by atomic mass is 16.4. The van der Waals surface area contributed by atoms with Gasteiger partial charge in [-0.15, -0.1) is 0 Å². The van der Waals surface area contributed by atoms with Gasteiger partial charge < -0.3 is 8.83 Å². The zero-order valence-electron chi connectivity index (χ0n) is 19.4. The Hall–Kier alpha value is -4.82. The Bertz CT molecular complexity index is 2030. The summed E-state index contributed by atoms with van der Waals surface area (Å²) in [6.45, 7) is 0. The van der Waals surface area contributed by atoms with Crippen molar-refractivity contribution in [1.82, 2.24) is 0 Å². The summed E-state index contributed by atoms with van der Waals surface area (Å²) in [4.78, 5) is 0. The van der Waals surface area contributed by atoms with Crippen LogP contribution in [0.15, 0.2) is 130 Å². The number of rotatable bonds is 2. The molecule has 0 amide bonds. The summed E-state index contributed by atoms with van der Waals surface area (Å²) in [7, 11) is 0. The van der Waals surface area contributed by atoms with E-state index >= 15 is 0 Å². The molecule has 0 unspecified atom stereocenters. The fraction of sp³-hybridized carbons (Fsp3) is 0. The monoisotopic (exact) mass is 460 g/mol. The van der Waals surface area contributed by atoms with Gasteiger partial charge in [0.2, 0.25) is 0 Å². The van der Waals surface area contributed by atoms with Crippen LogP contribution < -0.4 is 0 Å². The second-order valence-electron chi connectivity index (χ2n) is 9.30. The van der Waals surface area contributed by atoms with E-state index in [0.29, 0.717) is 0 Å². The van der Waals surface area contributed by atoms with Crippen molar-refractivity contribution in [3.8, 4) is 22.3 Å². The molecule has 0 N–H and O–H groups in total. The lowest BCUT2D eigenvalue weighted by atomic mass is 9.86. The Labute approximate surface area is 207 Å². The molecule has 0 spiro atoms. The van der Waals surface area contributed by atoms with Gasteiger partial charge in [-0.25, -0.2) is 0 Å². The molecule has 0 radical (unpaired) electrons. The molecule has 2 heterocycles. The molecule has 8 rings (SSSR count). The molecule has 0 fully saturated rings. The molecule has 8 aromatic rings. The van der Waals surface area contributed by atoms with Gasteiger partial charge in [-0.2, -0.15) is 0 Å². The van der Waals surface area contributed by atoms with E-state index in [-0.39, 0.29) is 0 Å². The molecule has 0 aliphatic heterocycles. The Morgan fingerprint density at radius 2 is 1.03 bits per heavy atom. The van der Waals surface area contributed by atoms with Crippen molar-refractivity contribution in [2.24, 2.45) is 0 Å². The normalized spacial score (nSPS) is 11.9. The molecule has 2 aromatic heterocycles. The third-order valence-electron chi connectivity index (χ3n) is 7.34. The fourth-order valence-electron chi connectivity index (χ4n) is 5.77. The highest BCUT2D eigenvalue weighted by Gasteiger charge is 2.18. The van der Waals surface area contributed by atoms with Crippen LogP contribution in [0.25, 0.3) is 76.7 Å². The van der Waals surface area contributed by atoms with Crippen LogP contribution in [0.1, 0.15) is 0 Å². The highest BCUT2D eigenvalue weighted by molar-refractivity contribution is 6.22. The minimum atomic E-state index is 0.799. The molecule has 2 nitrogen and oxygen atoms in total. The van der Waals surface area contributed by atoms with Gasteiger partial charge in [0.25, 0.3) is 0 Å². The van der Waals surface area contributed by atoms with Gasteiger partial charge in [-0.3, -0.25) is 0 Å². The molecule has 0 atom stereocenters. The summed E-state index contributed by atoms with van der Waals surface area (Å²) in [5.41, 5.74) is 7.34. The van der Waals surface area contributed by atoms with E-state index in [1.807, 2.05) is 6.07 Å². The molecule has 36 heavy (non-hydrogen) atoms. The van der Waals surface area contributed by atoms with E-state index in [0.717, 1.165) is 38.5 Å². The molecule has 0 bridgehead atoms. The van der Waals surface area contributed by atoms with Crippen molar-refractivity contribution >= 4 is 54.5 Å². The first-order valence-electron chi connectivity index (χ1n) is 12.2. The van der Waals surface area contributed by atoms with Crippen LogP contribution in [0.2, 0.25) is 0 Å². The van der Waals surface area contributed by atoms with Crippen molar-refractivity contribution in [2.45, 2.75) is 0 Å². The molecule has 0 aliphatic carbocycles. The van der Waals surface area contributed by atoms with Crippen LogP contribution in [-0.2, 0) is 0 Å². The van der Waals surface area contributed by atoms with E-state index in [2.05, 4.69) is 109 Å². The number of benzene rings is 6. The van der Waals surface area contributed by atoms with Crippen LogP contribution >= 0.6 is 0 Å². The Kier molecular flexibility index (Phi) is 3.97. The first-order valence-corrected chi connectivity index (χ1v) is 12.2. The van der Waals surface area contributed by atoms with E-state index in [4.69, 9.17) is 8.83 Å². The first kappa shape index (κ1) is 19.5. The van der Waals surface area contributed by atoms with Gasteiger partial charge in [-0.05, 0) is 68.1 Å². The maximum absolute atomic E-state index is 6.41. The van der Waals surface area contributed by atoms with Crippen molar-refractivity contribution < 1.29 is 8.83 Å². The zero-order chi connectivity index (χ0) is 23.6. The molecule has 0 saturated carbocycles. The summed E-state index contributed by atoms with van der Waals surface area (Å²) in [6, 6.07) is 40.9. The van der Waals surface area contributed by atoms with Crippen LogP contribution in [0, 0.1) is 0 Å². The smallest absolute Gasteiger partial charge is 0.178 e. The molecule has 2 heteroatoms. The number of furan rings is 2. The molecular weight excluding hydrogens is 440 g/mol. The summed E-state index contributed by atoms with van der Waals surface area (Å²) < 4.78 is 12.2. The third kappa shape index (κ3) is 2.67. The van der Waals surface area contributed by atoms with Gasteiger partial charge in [-0.1, -0.05) is 91.0 Å². The quantitative estimate of drug-likeness (QED) is 0.240. The lowest BCUT2D eigenvalue weighted by Gasteiger charge is -2.17. The van der Waals surface area contributed by atoms with E-state index in [1.165, 1.54) is 38.2 Å². The van der Waals surface area contributed by atoms with E-state index < -0.39 is 0 Å². The third-order valence-corrected chi connectivity index (χ3v) is 7.34. The Balaban J connectivity index is 1.48. The maximum Gasteiger partial charge on any atom is 0.178 e. The van der Waals surface area contributed by atoms with Gasteiger partial charge in [0.1, 0.15) is 5.58 Å². The van der Waals surface area contributed by atoms with E-state index in [9.17, 15) is 0 Å². The second-order valence-corrected chi connectivity index (χ2v) is 9.30. The minimum absolute atomic E-state index is 0.799. The topological polar surface area (TPSA) is 26.3 Å². The largest absolute Gasteiger partial charge is 0.460 e. The number of hydrogen-bond acceptors (Lipinski definition) is 2. The summed E-state index contributed by atoms with van der Waals surface area (Å²) in [6.07, 6.45) is 1.72. The van der Waals surface area contributed by atoms with Crippen LogP contribution in [-0.4, -0.2) is 0 Å². The highest BCUT2D eigenvalue weighted by Crippen LogP contribution is 2.44. The van der Waals surface area contributed by atoms with Gasteiger partial charge >= 0.3 is 0 Å². The predicted octanol–water partition coefficient (Wildman–Crippen LogP) is 9.97. The van der Waals surface area contributed by atoms with Crippen LogP contribution in [0.4, 0.5) is 0 Å². The summed E-state index contributed by atoms with van der Waals surface area (Å²) in [5, 5.41) is 8.20. The second kappa shape index (κ2) is 7.34. The van der Waals surface area contributed by atoms with Crippen LogP contribution in [0.5, 0.6) is 0 Å². The molecule has 0 aliphatic rings. The fourth-order valence-corrected chi connectivity index (χ4v) is 5.77. The number of fused-ring (bicyclic) bond motifs is 7.